The van der Waals surface area contributed by atoms with Crippen LogP contribution < -0.4 is 5.32 Å². The smallest absolute Gasteiger partial charge is 0.270 e. The molecule has 18 heavy (non-hydrogen) atoms. The fourth-order valence-electron chi connectivity index (χ4n) is 1.75. The zero-order chi connectivity index (χ0) is 13.2. The van der Waals surface area contributed by atoms with E-state index in [1.807, 2.05) is 0 Å². The van der Waals surface area contributed by atoms with Crippen LogP contribution in [0.2, 0.25) is 0 Å². The van der Waals surface area contributed by atoms with E-state index < -0.39 is 9.05 Å². The monoisotopic (exact) mass is 307 g/mol. The molecule has 0 radical (unpaired) electrons. The highest BCUT2D eigenvalue weighted by molar-refractivity contribution is 8.15. The zero-order valence-corrected chi connectivity index (χ0v) is 12.1. The van der Waals surface area contributed by atoms with Gasteiger partial charge in [-0.05, 0) is 31.4 Å². The Morgan fingerprint density at radius 2 is 2.17 bits per heavy atom. The Morgan fingerprint density at radius 1 is 1.44 bits per heavy atom. The number of halogens is 1. The van der Waals surface area contributed by atoms with E-state index in [-0.39, 0.29) is 16.0 Å². The maximum absolute atomic E-state index is 11.6. The first-order valence-corrected chi connectivity index (χ1v) is 8.90. The van der Waals surface area contributed by atoms with Crippen LogP contribution in [0.1, 0.15) is 24.1 Å². The lowest BCUT2D eigenvalue weighted by atomic mass is 9.85. The van der Waals surface area contributed by atoms with E-state index in [1.165, 1.54) is 6.07 Å². The van der Waals surface area contributed by atoms with Crippen LogP contribution in [0.3, 0.4) is 0 Å². The van der Waals surface area contributed by atoms with Gasteiger partial charge in [0.25, 0.3) is 9.05 Å². The van der Waals surface area contributed by atoms with Gasteiger partial charge in [-0.1, -0.05) is 6.42 Å². The molecule has 100 valence electrons. The molecule has 0 aliphatic heterocycles. The van der Waals surface area contributed by atoms with Crippen LogP contribution >= 0.6 is 22.0 Å². The summed E-state index contributed by atoms with van der Waals surface area (Å²) in [5.41, 5.74) is 0. The fraction of sp³-hybridized carbons (Fsp3) is 0.545. The third-order valence-corrected chi connectivity index (χ3v) is 6.26. The number of nitrogens with one attached hydrogen (secondary N) is 1. The minimum Gasteiger partial charge on any atom is -0.356 e. The molecule has 2 rings (SSSR count). The summed E-state index contributed by atoms with van der Waals surface area (Å²) in [5.74, 6) is 0.301. The van der Waals surface area contributed by atoms with Crippen molar-refractivity contribution in [1.82, 2.24) is 5.32 Å². The highest BCUT2D eigenvalue weighted by Gasteiger charge is 2.24. The predicted octanol–water partition coefficient (Wildman–Crippen LogP) is 2.13. The maximum Gasteiger partial charge on any atom is 0.270 e. The Labute approximate surface area is 115 Å². The molecule has 0 spiro atoms. The Balaban J connectivity index is 1.80. The molecule has 1 amide bonds. The van der Waals surface area contributed by atoms with Gasteiger partial charge in [-0.25, -0.2) is 8.42 Å². The van der Waals surface area contributed by atoms with Crippen molar-refractivity contribution in [1.29, 1.82) is 0 Å². The second kappa shape index (κ2) is 5.59. The van der Waals surface area contributed by atoms with E-state index >= 15 is 0 Å². The number of hydrogen-bond acceptors (Lipinski definition) is 4. The number of carbonyl (C=O) groups is 1. The molecule has 1 aliphatic rings. The third kappa shape index (κ3) is 3.46. The molecule has 0 atom stereocenters. The van der Waals surface area contributed by atoms with Gasteiger partial charge >= 0.3 is 0 Å². The first-order valence-electron chi connectivity index (χ1n) is 5.78. The molecule has 1 aliphatic carbocycles. The van der Waals surface area contributed by atoms with Crippen LogP contribution in [-0.4, -0.2) is 20.9 Å². The summed E-state index contributed by atoms with van der Waals surface area (Å²) >= 11 is 1.15. The van der Waals surface area contributed by atoms with E-state index in [2.05, 4.69) is 5.32 Å². The summed E-state index contributed by atoms with van der Waals surface area (Å²) in [7, 11) is 1.61. The topological polar surface area (TPSA) is 63.2 Å². The van der Waals surface area contributed by atoms with Crippen LogP contribution in [0.15, 0.2) is 16.3 Å². The van der Waals surface area contributed by atoms with Gasteiger partial charge < -0.3 is 5.32 Å². The molecule has 1 aromatic heterocycles. The second-order valence-corrected chi connectivity index (χ2v) is 8.29. The summed E-state index contributed by atoms with van der Waals surface area (Å²) in [5, 5.41) is 2.87. The third-order valence-electron chi connectivity index (χ3n) is 3.02. The molecular formula is C11H14ClNO3S2. The molecule has 1 heterocycles. The minimum atomic E-state index is -3.63. The molecular weight excluding hydrogens is 294 g/mol. The van der Waals surface area contributed by atoms with E-state index in [0.717, 1.165) is 35.5 Å². The van der Waals surface area contributed by atoms with Gasteiger partial charge in [-0.15, -0.1) is 11.3 Å². The summed E-state index contributed by atoms with van der Waals surface area (Å²) in [6.45, 7) is 0.539. The summed E-state index contributed by atoms with van der Waals surface area (Å²) in [6, 6.07) is 3.23. The highest BCUT2D eigenvalue weighted by atomic mass is 35.7. The Hall–Kier alpha value is -0.590. The van der Waals surface area contributed by atoms with Crippen LogP contribution in [0.4, 0.5) is 0 Å². The van der Waals surface area contributed by atoms with Gasteiger partial charge in [-0.3, -0.25) is 4.79 Å². The number of rotatable bonds is 5. The average molecular weight is 308 g/mol. The lowest BCUT2D eigenvalue weighted by Gasteiger charge is -2.23. The average Bonchev–Trinajstić information content (AvgIpc) is 2.62. The molecule has 0 aromatic carbocycles. The summed E-state index contributed by atoms with van der Waals surface area (Å²) in [4.78, 5) is 12.5. The molecule has 7 heteroatoms. The minimum absolute atomic E-state index is 0.114. The van der Waals surface area contributed by atoms with Gasteiger partial charge in [-0.2, -0.15) is 0 Å². The Morgan fingerprint density at radius 3 is 2.67 bits per heavy atom. The van der Waals surface area contributed by atoms with Crippen molar-refractivity contribution in [3.63, 3.8) is 0 Å². The molecule has 1 fully saturated rings. The van der Waals surface area contributed by atoms with Gasteiger partial charge in [0.15, 0.2) is 0 Å². The lowest BCUT2D eigenvalue weighted by molar-refractivity contribution is -0.127. The van der Waals surface area contributed by atoms with Gasteiger partial charge in [0.2, 0.25) is 5.91 Å². The Bertz CT molecular complexity index is 534. The van der Waals surface area contributed by atoms with Crippen molar-refractivity contribution >= 4 is 37.0 Å². The second-order valence-electron chi connectivity index (χ2n) is 4.33. The quantitative estimate of drug-likeness (QED) is 0.848. The molecule has 0 saturated heterocycles. The van der Waals surface area contributed by atoms with Crippen LogP contribution in [0, 0.1) is 5.92 Å². The van der Waals surface area contributed by atoms with Crippen molar-refractivity contribution in [3.05, 3.63) is 17.0 Å². The molecule has 1 aromatic rings. The number of thiophene rings is 1. The largest absolute Gasteiger partial charge is 0.356 e. The summed E-state index contributed by atoms with van der Waals surface area (Å²) in [6.07, 6.45) is 3.74. The van der Waals surface area contributed by atoms with Crippen LogP contribution in [0.5, 0.6) is 0 Å². The van der Waals surface area contributed by atoms with Crippen molar-refractivity contribution < 1.29 is 13.2 Å². The summed E-state index contributed by atoms with van der Waals surface area (Å²) < 4.78 is 22.3. The van der Waals surface area contributed by atoms with Crippen LogP contribution in [0.25, 0.3) is 0 Å². The van der Waals surface area contributed by atoms with Gasteiger partial charge in [0.1, 0.15) is 4.21 Å². The standard InChI is InChI=1S/C11H14ClNO3S2/c12-18(15,16)10-5-4-9(17-10)6-7-13-11(14)8-2-1-3-8/h4-5,8H,1-3,6-7H2,(H,13,14). The number of amides is 1. The molecule has 1 N–H and O–H groups in total. The fourth-order valence-corrected chi connectivity index (χ4v) is 3.87. The van der Waals surface area contributed by atoms with E-state index in [0.29, 0.717) is 13.0 Å². The zero-order valence-electron chi connectivity index (χ0n) is 9.69. The molecule has 4 nitrogen and oxygen atoms in total. The van der Waals surface area contributed by atoms with Gasteiger partial charge in [0.05, 0.1) is 0 Å². The highest BCUT2D eigenvalue weighted by Crippen LogP contribution is 2.26. The maximum atomic E-state index is 11.6. The molecule has 0 unspecified atom stereocenters. The first-order chi connectivity index (χ1) is 8.47. The normalized spacial score (nSPS) is 16.3. The van der Waals surface area contributed by atoms with Gasteiger partial charge in [0, 0.05) is 28.0 Å². The Kier molecular flexibility index (Phi) is 4.29. The van der Waals surface area contributed by atoms with Crippen molar-refractivity contribution in [2.75, 3.05) is 6.54 Å². The van der Waals surface area contributed by atoms with E-state index in [1.54, 1.807) is 6.07 Å². The molecule has 0 bridgehead atoms. The van der Waals surface area contributed by atoms with Crippen molar-refractivity contribution in [3.8, 4) is 0 Å². The number of hydrogen-bond donors (Lipinski definition) is 1. The van der Waals surface area contributed by atoms with Crippen LogP contribution in [-0.2, 0) is 20.3 Å². The lowest BCUT2D eigenvalue weighted by Crippen LogP contribution is -2.35. The molecule has 1 saturated carbocycles. The SMILES string of the molecule is O=C(NCCc1ccc(S(=O)(=O)Cl)s1)C1CCC1. The first kappa shape index (κ1) is 13.8. The predicted molar refractivity (Wildman–Crippen MR) is 71.4 cm³/mol. The van der Waals surface area contributed by atoms with Crippen molar-refractivity contribution in [2.24, 2.45) is 5.92 Å². The number of carbonyl (C=O) groups excluding carboxylic acids is 1. The van der Waals surface area contributed by atoms with E-state index in [4.69, 9.17) is 10.7 Å². The van der Waals surface area contributed by atoms with Crippen molar-refractivity contribution in [2.45, 2.75) is 29.9 Å². The van der Waals surface area contributed by atoms with E-state index in [9.17, 15) is 13.2 Å².